The maximum atomic E-state index is 14.1. The third kappa shape index (κ3) is 4.03. The highest BCUT2D eigenvalue weighted by molar-refractivity contribution is 6.31. The second-order valence-electron chi connectivity index (χ2n) is 6.76. The van der Waals surface area contributed by atoms with Gasteiger partial charge in [0.15, 0.2) is 0 Å². The van der Waals surface area contributed by atoms with Gasteiger partial charge in [-0.25, -0.2) is 9.07 Å². The molecule has 0 N–H and O–H groups in total. The van der Waals surface area contributed by atoms with E-state index in [1.165, 1.54) is 6.07 Å². The van der Waals surface area contributed by atoms with Crippen LogP contribution in [0.2, 0.25) is 5.02 Å². The lowest BCUT2D eigenvalue weighted by Crippen LogP contribution is -2.34. The van der Waals surface area contributed by atoms with Crippen LogP contribution in [0.5, 0.6) is 0 Å². The van der Waals surface area contributed by atoms with Crippen molar-refractivity contribution in [2.45, 2.75) is 31.8 Å². The van der Waals surface area contributed by atoms with Crippen molar-refractivity contribution in [3.63, 3.8) is 0 Å². The van der Waals surface area contributed by atoms with Gasteiger partial charge in [-0.2, -0.15) is 5.10 Å². The first-order chi connectivity index (χ1) is 13.1. The van der Waals surface area contributed by atoms with E-state index in [9.17, 15) is 9.18 Å². The average molecular weight is 384 g/mol. The van der Waals surface area contributed by atoms with Gasteiger partial charge in [-0.05, 0) is 42.7 Å². The molecule has 1 aliphatic rings. The summed E-state index contributed by atoms with van der Waals surface area (Å²) in [7, 11) is 0. The summed E-state index contributed by atoms with van der Waals surface area (Å²) in [6.45, 7) is 0.196. The first-order valence-corrected chi connectivity index (χ1v) is 9.31. The van der Waals surface area contributed by atoms with Gasteiger partial charge < -0.3 is 4.90 Å². The number of amides is 1. The number of rotatable bonds is 6. The highest BCUT2D eigenvalue weighted by Crippen LogP contribution is 2.31. The Balaban J connectivity index is 1.50. The van der Waals surface area contributed by atoms with Crippen molar-refractivity contribution in [2.24, 2.45) is 0 Å². The van der Waals surface area contributed by atoms with Crippen LogP contribution in [0, 0.1) is 5.82 Å². The fourth-order valence-electron chi connectivity index (χ4n) is 3.11. The highest BCUT2D eigenvalue weighted by atomic mass is 35.5. The zero-order valence-electron chi connectivity index (χ0n) is 14.7. The third-order valence-corrected chi connectivity index (χ3v) is 5.06. The largest absolute Gasteiger partial charge is 0.335 e. The molecule has 1 aliphatic carbocycles. The predicted molar refractivity (Wildman–Crippen MR) is 102 cm³/mol. The van der Waals surface area contributed by atoms with Gasteiger partial charge in [-0.3, -0.25) is 4.79 Å². The standard InChI is InChI=1S/C21H19ClFN3O/c22-19-7-4-8-20(23)18(19)14-25(16-9-10-16)21(27)11-15-12-24-26(13-15)17-5-2-1-3-6-17/h1-8,12-13,16H,9-11,14H2. The molecule has 4 nitrogen and oxygen atoms in total. The third-order valence-electron chi connectivity index (χ3n) is 4.71. The molecule has 1 aromatic heterocycles. The molecule has 0 spiro atoms. The molecule has 0 aliphatic heterocycles. The predicted octanol–water partition coefficient (Wildman–Crippen LogP) is 4.40. The average Bonchev–Trinajstić information content (AvgIpc) is 3.40. The van der Waals surface area contributed by atoms with Gasteiger partial charge in [0, 0.05) is 22.8 Å². The number of hydrogen-bond acceptors (Lipinski definition) is 2. The molecule has 1 heterocycles. The summed E-state index contributed by atoms with van der Waals surface area (Å²) >= 11 is 6.14. The maximum absolute atomic E-state index is 14.1. The van der Waals surface area contributed by atoms with E-state index in [1.807, 2.05) is 36.5 Å². The topological polar surface area (TPSA) is 38.1 Å². The van der Waals surface area contributed by atoms with Crippen molar-refractivity contribution >= 4 is 17.5 Å². The van der Waals surface area contributed by atoms with E-state index < -0.39 is 0 Å². The normalized spacial score (nSPS) is 13.6. The molecule has 1 amide bonds. The van der Waals surface area contributed by atoms with Crippen LogP contribution < -0.4 is 0 Å². The van der Waals surface area contributed by atoms with Crippen LogP contribution >= 0.6 is 11.6 Å². The molecule has 1 fully saturated rings. The van der Waals surface area contributed by atoms with Gasteiger partial charge in [-0.15, -0.1) is 0 Å². The zero-order chi connectivity index (χ0) is 18.8. The lowest BCUT2D eigenvalue weighted by atomic mass is 10.1. The fourth-order valence-corrected chi connectivity index (χ4v) is 3.33. The van der Waals surface area contributed by atoms with Gasteiger partial charge in [0.05, 0.1) is 24.8 Å². The molecule has 6 heteroatoms. The molecule has 138 valence electrons. The molecular weight excluding hydrogens is 365 g/mol. The van der Waals surface area contributed by atoms with Crippen LogP contribution in [0.1, 0.15) is 24.0 Å². The Bertz CT molecular complexity index is 933. The molecule has 1 saturated carbocycles. The second kappa shape index (κ2) is 7.53. The number of benzene rings is 2. The van der Waals surface area contributed by atoms with Crippen LogP contribution in [-0.2, 0) is 17.8 Å². The van der Waals surface area contributed by atoms with Gasteiger partial charge in [-0.1, -0.05) is 35.9 Å². The van der Waals surface area contributed by atoms with Crippen LogP contribution in [0.25, 0.3) is 5.69 Å². The van der Waals surface area contributed by atoms with Gasteiger partial charge in [0.25, 0.3) is 0 Å². The van der Waals surface area contributed by atoms with Crippen molar-refractivity contribution < 1.29 is 9.18 Å². The molecule has 4 rings (SSSR count). The molecule has 0 unspecified atom stereocenters. The molecular formula is C21H19ClFN3O. The number of para-hydroxylation sites is 1. The molecule has 0 atom stereocenters. The minimum atomic E-state index is -0.377. The molecule has 2 aromatic carbocycles. The summed E-state index contributed by atoms with van der Waals surface area (Å²) in [5, 5.41) is 4.69. The minimum Gasteiger partial charge on any atom is -0.335 e. The molecule has 3 aromatic rings. The van der Waals surface area contributed by atoms with Gasteiger partial charge in [0.2, 0.25) is 5.91 Å². The first-order valence-electron chi connectivity index (χ1n) is 8.93. The molecule has 0 bridgehead atoms. The van der Waals surface area contributed by atoms with Crippen LogP contribution in [0.15, 0.2) is 60.9 Å². The van der Waals surface area contributed by atoms with Crippen LogP contribution in [0.3, 0.4) is 0 Å². The Kier molecular flexibility index (Phi) is 4.94. The Hall–Kier alpha value is -2.66. The van der Waals surface area contributed by atoms with Crippen molar-refractivity contribution in [1.82, 2.24) is 14.7 Å². The summed E-state index contributed by atoms with van der Waals surface area (Å²) in [6.07, 6.45) is 5.68. The number of halogens is 2. The van der Waals surface area contributed by atoms with Crippen LogP contribution in [-0.4, -0.2) is 26.6 Å². The van der Waals surface area contributed by atoms with Crippen molar-refractivity contribution in [3.05, 3.63) is 82.9 Å². The lowest BCUT2D eigenvalue weighted by Gasteiger charge is -2.23. The molecule has 27 heavy (non-hydrogen) atoms. The van der Waals surface area contributed by atoms with Gasteiger partial charge >= 0.3 is 0 Å². The maximum Gasteiger partial charge on any atom is 0.227 e. The summed E-state index contributed by atoms with van der Waals surface area (Å²) in [5.74, 6) is -0.415. The van der Waals surface area contributed by atoms with Crippen molar-refractivity contribution in [1.29, 1.82) is 0 Å². The van der Waals surface area contributed by atoms with Crippen molar-refractivity contribution in [3.8, 4) is 5.69 Å². The van der Waals surface area contributed by atoms with E-state index in [1.54, 1.807) is 27.9 Å². The number of hydrogen-bond donors (Lipinski definition) is 0. The first kappa shape index (κ1) is 17.7. The van der Waals surface area contributed by atoms with E-state index in [-0.39, 0.29) is 30.7 Å². The Morgan fingerprint density at radius 1 is 1.19 bits per heavy atom. The van der Waals surface area contributed by atoms with E-state index in [0.29, 0.717) is 10.6 Å². The number of nitrogens with zero attached hydrogens (tertiary/aromatic N) is 3. The van der Waals surface area contributed by atoms with Gasteiger partial charge in [0.1, 0.15) is 5.82 Å². The Labute approximate surface area is 162 Å². The minimum absolute atomic E-state index is 0.0376. The number of aromatic nitrogens is 2. The second-order valence-corrected chi connectivity index (χ2v) is 7.17. The zero-order valence-corrected chi connectivity index (χ0v) is 15.4. The van der Waals surface area contributed by atoms with E-state index in [0.717, 1.165) is 24.1 Å². The summed E-state index contributed by atoms with van der Waals surface area (Å²) in [5.41, 5.74) is 2.14. The SMILES string of the molecule is O=C(Cc1cnn(-c2ccccc2)c1)N(Cc1c(F)cccc1Cl)C1CC1. The molecule has 0 saturated heterocycles. The summed E-state index contributed by atoms with van der Waals surface area (Å²) in [6, 6.07) is 14.5. The summed E-state index contributed by atoms with van der Waals surface area (Å²) < 4.78 is 15.9. The van der Waals surface area contributed by atoms with Crippen molar-refractivity contribution in [2.75, 3.05) is 0 Å². The number of carbonyl (C=O) groups is 1. The fraction of sp³-hybridized carbons (Fsp3) is 0.238. The van der Waals surface area contributed by atoms with E-state index in [4.69, 9.17) is 11.6 Å². The smallest absolute Gasteiger partial charge is 0.227 e. The lowest BCUT2D eigenvalue weighted by molar-refractivity contribution is -0.131. The Morgan fingerprint density at radius 3 is 2.67 bits per heavy atom. The number of carbonyl (C=O) groups excluding carboxylic acids is 1. The summed E-state index contributed by atoms with van der Waals surface area (Å²) in [4.78, 5) is 14.6. The molecule has 0 radical (unpaired) electrons. The van der Waals surface area contributed by atoms with Crippen LogP contribution in [0.4, 0.5) is 4.39 Å². The van der Waals surface area contributed by atoms with E-state index in [2.05, 4.69) is 5.10 Å². The highest BCUT2D eigenvalue weighted by Gasteiger charge is 2.33. The van der Waals surface area contributed by atoms with E-state index >= 15 is 0 Å². The quantitative estimate of drug-likeness (QED) is 0.632. The Morgan fingerprint density at radius 2 is 1.96 bits per heavy atom. The monoisotopic (exact) mass is 383 g/mol.